The second kappa shape index (κ2) is 2.16. The molecule has 0 atom stereocenters. The van der Waals surface area contributed by atoms with Gasteiger partial charge in [0.1, 0.15) is 0 Å². The standard InChI is InChI=1S/C5H2ClO.Mo/c6-4-1-2-5(7)3-4;/h1-2H;. The number of rotatable bonds is 0. The Kier molecular flexibility index (Phi) is 1.69. The van der Waals surface area contributed by atoms with Crippen LogP contribution in [0.2, 0.25) is 0 Å². The van der Waals surface area contributed by atoms with E-state index in [4.69, 9.17) is 11.6 Å². The zero-order valence-electron chi connectivity index (χ0n) is 3.85. The maximum atomic E-state index is 10.6. The van der Waals surface area contributed by atoms with Crippen molar-refractivity contribution < 1.29 is 24.6 Å². The minimum absolute atomic E-state index is 0.0276. The average Bonchev–Trinajstić information content (AvgIpc) is 1.98. The van der Waals surface area contributed by atoms with Crippen molar-refractivity contribution in [2.75, 3.05) is 0 Å². The summed E-state index contributed by atoms with van der Waals surface area (Å²) >= 11 is 7.18. The molecule has 0 aromatic rings. The van der Waals surface area contributed by atoms with E-state index < -0.39 is 0 Å². The fourth-order valence-electron chi connectivity index (χ4n) is 0.418. The molecule has 0 heterocycles. The van der Waals surface area contributed by atoms with E-state index in [9.17, 15) is 4.79 Å². The van der Waals surface area contributed by atoms with Gasteiger partial charge in [-0.25, -0.2) is 0 Å². The molecule has 0 aromatic heterocycles. The van der Waals surface area contributed by atoms with Crippen molar-refractivity contribution >= 4 is 17.4 Å². The van der Waals surface area contributed by atoms with E-state index in [1.54, 1.807) is 25.9 Å². The van der Waals surface area contributed by atoms with Crippen LogP contribution in [0.15, 0.2) is 21.1 Å². The van der Waals surface area contributed by atoms with E-state index in [1.165, 1.54) is 6.08 Å². The summed E-state index contributed by atoms with van der Waals surface area (Å²) in [4.78, 5) is 10.6. The van der Waals surface area contributed by atoms with Crippen LogP contribution in [0.1, 0.15) is 0 Å². The van der Waals surface area contributed by atoms with E-state index >= 15 is 0 Å². The predicted octanol–water partition coefficient (Wildman–Crippen LogP) is 1.12. The van der Waals surface area contributed by atoms with Gasteiger partial charge in [-0.3, -0.25) is 0 Å². The van der Waals surface area contributed by atoms with Gasteiger partial charge in [-0.05, 0) is 0 Å². The second-order valence-electron chi connectivity index (χ2n) is 1.37. The van der Waals surface area contributed by atoms with Crippen LogP contribution in [-0.4, -0.2) is 5.78 Å². The van der Waals surface area contributed by atoms with Crippen LogP contribution in [0.4, 0.5) is 0 Å². The molecule has 0 saturated heterocycles. The van der Waals surface area contributed by atoms with Crippen molar-refractivity contribution in [2.45, 2.75) is 0 Å². The van der Waals surface area contributed by atoms with Gasteiger partial charge >= 0.3 is 63.1 Å². The summed E-state index contributed by atoms with van der Waals surface area (Å²) in [6.45, 7) is 0. The quantitative estimate of drug-likeness (QED) is 0.547. The molecule has 0 spiro atoms. The predicted molar refractivity (Wildman–Crippen MR) is 27.0 cm³/mol. The first-order valence-corrected chi connectivity index (χ1v) is 3.39. The first-order valence-electron chi connectivity index (χ1n) is 2.01. The molecule has 0 radical (unpaired) electrons. The number of ketones is 1. The molecule has 0 fully saturated rings. The van der Waals surface area contributed by atoms with Crippen molar-refractivity contribution in [3.05, 3.63) is 21.1 Å². The third-order valence-corrected chi connectivity index (χ3v) is 2.47. The summed E-state index contributed by atoms with van der Waals surface area (Å²) in [5, 5.41) is 0.569. The van der Waals surface area contributed by atoms with Gasteiger partial charge < -0.3 is 0 Å². The Morgan fingerprint density at radius 1 is 1.50 bits per heavy atom. The Bertz CT molecular complexity index is 189. The van der Waals surface area contributed by atoms with Crippen LogP contribution < -0.4 is 0 Å². The summed E-state index contributed by atoms with van der Waals surface area (Å²) in [7, 11) is 0. The van der Waals surface area contributed by atoms with E-state index in [1.807, 2.05) is 0 Å². The van der Waals surface area contributed by atoms with Gasteiger partial charge in [-0.15, -0.1) is 0 Å². The summed E-state index contributed by atoms with van der Waals surface area (Å²) in [6.07, 6.45) is 3.09. The number of hydrogen-bond donors (Lipinski definition) is 0. The Morgan fingerprint density at radius 3 is 2.25 bits per heavy atom. The van der Waals surface area contributed by atoms with Gasteiger partial charge in [0.05, 0.1) is 0 Å². The number of carbonyl (C=O) groups is 1. The summed E-state index contributed by atoms with van der Waals surface area (Å²) in [6, 6.07) is 0. The molecule has 8 heavy (non-hydrogen) atoms. The molecular formula is C5H2ClMoO. The molecule has 1 rings (SSSR count). The van der Waals surface area contributed by atoms with Crippen LogP contribution >= 0.6 is 11.6 Å². The molecule has 1 aliphatic carbocycles. The van der Waals surface area contributed by atoms with Crippen LogP contribution in [0.5, 0.6) is 0 Å². The first-order chi connectivity index (χ1) is 3.72. The molecule has 0 N–H and O–H groups in total. The summed E-state index contributed by atoms with van der Waals surface area (Å²) in [5.74, 6) is 0.0276. The minimum atomic E-state index is 0.0276. The molecule has 3 heteroatoms. The molecule has 1 nitrogen and oxygen atoms in total. The summed E-state index contributed by atoms with van der Waals surface area (Å²) in [5.41, 5.74) is 0. The number of allylic oxidation sites excluding steroid dienone is 4. The molecule has 0 unspecified atom stereocenters. The SMILES string of the molecule is O=C1C=CC(Cl)=[C]1[Mo]. The fraction of sp³-hybridized carbons (Fsp3) is 0. The Balaban J connectivity index is 3.02. The zero-order valence-corrected chi connectivity index (χ0v) is 6.61. The molecule has 41 valence electrons. The Hall–Kier alpha value is 0.128. The van der Waals surface area contributed by atoms with Gasteiger partial charge in [0.15, 0.2) is 0 Å². The monoisotopic (exact) mass is 211 g/mol. The molecule has 0 bridgehead atoms. The third-order valence-electron chi connectivity index (χ3n) is 0.822. The van der Waals surface area contributed by atoms with E-state index in [-0.39, 0.29) is 5.78 Å². The van der Waals surface area contributed by atoms with E-state index in [0.29, 0.717) is 9.00 Å². The summed E-state index contributed by atoms with van der Waals surface area (Å²) < 4.78 is 0.655. The van der Waals surface area contributed by atoms with Crippen LogP contribution in [0.3, 0.4) is 0 Å². The topological polar surface area (TPSA) is 17.1 Å². The van der Waals surface area contributed by atoms with Crippen LogP contribution in [0.25, 0.3) is 0 Å². The van der Waals surface area contributed by atoms with Crippen molar-refractivity contribution in [3.8, 4) is 0 Å². The van der Waals surface area contributed by atoms with Gasteiger partial charge in [0.25, 0.3) is 0 Å². The van der Waals surface area contributed by atoms with Crippen molar-refractivity contribution in [1.29, 1.82) is 0 Å². The molecule has 0 amide bonds. The Labute approximate surface area is 63.3 Å². The van der Waals surface area contributed by atoms with Gasteiger partial charge in [0, 0.05) is 0 Å². The van der Waals surface area contributed by atoms with Crippen molar-refractivity contribution in [3.63, 3.8) is 0 Å². The fourth-order valence-corrected chi connectivity index (χ4v) is 0.909. The average molecular weight is 209 g/mol. The van der Waals surface area contributed by atoms with E-state index in [0.717, 1.165) is 0 Å². The van der Waals surface area contributed by atoms with Crippen molar-refractivity contribution in [2.24, 2.45) is 0 Å². The van der Waals surface area contributed by atoms with Gasteiger partial charge in [0.2, 0.25) is 0 Å². The number of hydrogen-bond acceptors (Lipinski definition) is 1. The van der Waals surface area contributed by atoms with Gasteiger partial charge in [-0.1, -0.05) is 0 Å². The van der Waals surface area contributed by atoms with Crippen LogP contribution in [-0.2, 0) is 24.6 Å². The van der Waals surface area contributed by atoms with Gasteiger partial charge in [-0.2, -0.15) is 0 Å². The van der Waals surface area contributed by atoms with E-state index in [2.05, 4.69) is 0 Å². The maximum absolute atomic E-state index is 10.6. The first kappa shape index (κ1) is 6.25. The molecule has 1 aliphatic rings. The molecular weight excluding hydrogens is 207 g/mol. The molecule has 0 aromatic carbocycles. The Morgan fingerprint density at radius 2 is 2.12 bits per heavy atom. The molecule has 0 saturated carbocycles. The number of carbonyl (C=O) groups excluding carboxylic acids is 1. The molecule has 0 aliphatic heterocycles. The van der Waals surface area contributed by atoms with Crippen molar-refractivity contribution in [1.82, 2.24) is 0 Å². The van der Waals surface area contributed by atoms with Crippen LogP contribution in [0, 0.1) is 0 Å². The normalized spacial score (nSPS) is 18.4. The third kappa shape index (κ3) is 0.935. The second-order valence-corrected chi connectivity index (χ2v) is 2.79. The number of halogens is 1. The zero-order chi connectivity index (χ0) is 6.15.